The topological polar surface area (TPSA) is 37.3 Å². The standard InChI is InChI=1S/C26H23FO2/c1-26-17-21(24(28)16-22(26)9-5-11-25(26)29)15-20-8-3-2-7-19(20)13-12-18-6-4-10-23(27)14-18/h2-4,6-8,10,14-16,25,29H,5,9,11,17H2,1H3/t25-,26-/m0/s1. The van der Waals surface area contributed by atoms with Gasteiger partial charge in [0.15, 0.2) is 5.78 Å². The van der Waals surface area contributed by atoms with E-state index in [0.717, 1.165) is 36.0 Å². The van der Waals surface area contributed by atoms with Crippen molar-refractivity contribution >= 4 is 11.9 Å². The first-order chi connectivity index (χ1) is 14.0. The molecule has 2 aromatic carbocycles. The summed E-state index contributed by atoms with van der Waals surface area (Å²) in [5.41, 5.74) is 3.62. The summed E-state index contributed by atoms with van der Waals surface area (Å²) >= 11 is 0. The van der Waals surface area contributed by atoms with Crippen LogP contribution in [0, 0.1) is 23.1 Å². The molecule has 1 N–H and O–H groups in total. The van der Waals surface area contributed by atoms with E-state index in [1.165, 1.54) is 12.1 Å². The van der Waals surface area contributed by atoms with E-state index in [0.29, 0.717) is 17.6 Å². The second-order valence-electron chi connectivity index (χ2n) is 8.05. The highest BCUT2D eigenvalue weighted by Gasteiger charge is 2.43. The summed E-state index contributed by atoms with van der Waals surface area (Å²) in [5, 5.41) is 10.6. The van der Waals surface area contributed by atoms with Crippen molar-refractivity contribution < 1.29 is 14.3 Å². The van der Waals surface area contributed by atoms with E-state index in [4.69, 9.17) is 0 Å². The minimum absolute atomic E-state index is 0.0134. The van der Waals surface area contributed by atoms with Gasteiger partial charge in [0.25, 0.3) is 0 Å². The fourth-order valence-electron chi connectivity index (χ4n) is 4.26. The predicted octanol–water partition coefficient (Wildman–Crippen LogP) is 5.06. The molecule has 2 aliphatic carbocycles. The number of benzene rings is 2. The lowest BCUT2D eigenvalue weighted by Crippen LogP contribution is -2.41. The van der Waals surface area contributed by atoms with Crippen LogP contribution in [0.15, 0.2) is 65.8 Å². The maximum Gasteiger partial charge on any atom is 0.181 e. The van der Waals surface area contributed by atoms with Crippen LogP contribution < -0.4 is 0 Å². The largest absolute Gasteiger partial charge is 0.392 e. The molecule has 146 valence electrons. The van der Waals surface area contributed by atoms with Crippen LogP contribution in [0.1, 0.15) is 49.3 Å². The van der Waals surface area contributed by atoms with Gasteiger partial charge in [-0.3, -0.25) is 4.79 Å². The Bertz CT molecular complexity index is 1080. The molecule has 4 rings (SSSR count). The van der Waals surface area contributed by atoms with Crippen molar-refractivity contribution in [2.75, 3.05) is 0 Å². The summed E-state index contributed by atoms with van der Waals surface area (Å²) < 4.78 is 13.4. The van der Waals surface area contributed by atoms with Crippen molar-refractivity contribution in [3.05, 3.63) is 88.3 Å². The van der Waals surface area contributed by atoms with Crippen LogP contribution in [0.4, 0.5) is 4.39 Å². The SMILES string of the molecule is C[C@]12CC(=Cc3ccccc3C#Cc3cccc(F)c3)C(=O)C=C1CCC[C@@H]2O. The van der Waals surface area contributed by atoms with Crippen molar-refractivity contribution in [1.82, 2.24) is 0 Å². The minimum Gasteiger partial charge on any atom is -0.392 e. The Kier molecular flexibility index (Phi) is 5.22. The van der Waals surface area contributed by atoms with E-state index in [-0.39, 0.29) is 17.0 Å². The third kappa shape index (κ3) is 3.95. The van der Waals surface area contributed by atoms with Gasteiger partial charge in [0.05, 0.1) is 6.10 Å². The number of fused-ring (bicyclic) bond motifs is 1. The van der Waals surface area contributed by atoms with Crippen LogP contribution in [0.25, 0.3) is 6.08 Å². The molecule has 3 heteroatoms. The van der Waals surface area contributed by atoms with Gasteiger partial charge in [-0.25, -0.2) is 4.39 Å². The number of carbonyl (C=O) groups is 1. The first-order valence-corrected chi connectivity index (χ1v) is 9.96. The fourth-order valence-corrected chi connectivity index (χ4v) is 4.26. The summed E-state index contributed by atoms with van der Waals surface area (Å²) in [6.45, 7) is 2.05. The van der Waals surface area contributed by atoms with Crippen LogP contribution in [-0.4, -0.2) is 17.0 Å². The first-order valence-electron chi connectivity index (χ1n) is 9.96. The lowest BCUT2D eigenvalue weighted by molar-refractivity contribution is -0.112. The average Bonchev–Trinajstić information content (AvgIpc) is 2.70. The molecule has 0 aromatic heterocycles. The van der Waals surface area contributed by atoms with E-state index >= 15 is 0 Å². The number of halogens is 1. The molecule has 0 spiro atoms. The Hall–Kier alpha value is -2.96. The lowest BCUT2D eigenvalue weighted by Gasteiger charge is -2.43. The molecule has 0 bridgehead atoms. The van der Waals surface area contributed by atoms with Gasteiger partial charge < -0.3 is 5.11 Å². The number of hydrogen-bond donors (Lipinski definition) is 1. The molecule has 29 heavy (non-hydrogen) atoms. The van der Waals surface area contributed by atoms with E-state index in [2.05, 4.69) is 18.8 Å². The highest BCUT2D eigenvalue weighted by atomic mass is 19.1. The predicted molar refractivity (Wildman–Crippen MR) is 112 cm³/mol. The lowest BCUT2D eigenvalue weighted by atomic mass is 9.63. The number of hydrogen-bond acceptors (Lipinski definition) is 2. The van der Waals surface area contributed by atoms with Gasteiger partial charge in [0.1, 0.15) is 5.82 Å². The molecule has 0 radical (unpaired) electrons. The van der Waals surface area contributed by atoms with Crippen molar-refractivity contribution in [1.29, 1.82) is 0 Å². The molecule has 0 unspecified atom stereocenters. The molecule has 0 amide bonds. The third-order valence-electron chi connectivity index (χ3n) is 6.03. The van der Waals surface area contributed by atoms with Gasteiger partial charge >= 0.3 is 0 Å². The van der Waals surface area contributed by atoms with Crippen molar-refractivity contribution in [2.24, 2.45) is 5.41 Å². The maximum atomic E-state index is 13.4. The highest BCUT2D eigenvalue weighted by Crippen LogP contribution is 2.48. The summed E-state index contributed by atoms with van der Waals surface area (Å²) in [5.74, 6) is 5.79. The smallest absolute Gasteiger partial charge is 0.181 e. The van der Waals surface area contributed by atoms with Crippen LogP contribution >= 0.6 is 0 Å². The Balaban J connectivity index is 1.69. The quantitative estimate of drug-likeness (QED) is 0.549. The number of allylic oxidation sites excluding steroid dienone is 2. The fraction of sp³-hybridized carbons (Fsp3) is 0.269. The molecule has 0 heterocycles. The summed E-state index contributed by atoms with van der Waals surface area (Å²) in [7, 11) is 0. The molecule has 1 saturated carbocycles. The molecule has 2 aromatic rings. The van der Waals surface area contributed by atoms with Gasteiger partial charge in [-0.05, 0) is 67.7 Å². The number of carbonyl (C=O) groups excluding carboxylic acids is 1. The molecule has 0 aliphatic heterocycles. The molecular weight excluding hydrogens is 363 g/mol. The van der Waals surface area contributed by atoms with E-state index < -0.39 is 6.10 Å². The van der Waals surface area contributed by atoms with E-state index in [9.17, 15) is 14.3 Å². The summed E-state index contributed by atoms with van der Waals surface area (Å²) in [6.07, 6.45) is 6.28. The number of ketones is 1. The molecule has 2 nitrogen and oxygen atoms in total. The van der Waals surface area contributed by atoms with Crippen LogP contribution in [0.5, 0.6) is 0 Å². The zero-order chi connectivity index (χ0) is 20.4. The molecular formula is C26H23FO2. The Morgan fingerprint density at radius 3 is 2.83 bits per heavy atom. The number of aliphatic hydroxyl groups excluding tert-OH is 1. The number of aliphatic hydroxyl groups is 1. The Morgan fingerprint density at radius 2 is 2.00 bits per heavy atom. The van der Waals surface area contributed by atoms with Gasteiger partial charge in [0, 0.05) is 22.1 Å². The van der Waals surface area contributed by atoms with Gasteiger partial charge in [0.2, 0.25) is 0 Å². The van der Waals surface area contributed by atoms with Crippen LogP contribution in [0.2, 0.25) is 0 Å². The summed E-state index contributed by atoms with van der Waals surface area (Å²) in [4.78, 5) is 12.7. The van der Waals surface area contributed by atoms with E-state index in [1.54, 1.807) is 18.2 Å². The van der Waals surface area contributed by atoms with Crippen molar-refractivity contribution in [2.45, 2.75) is 38.7 Å². The normalized spacial score (nSPS) is 25.1. The Morgan fingerprint density at radius 1 is 1.17 bits per heavy atom. The number of rotatable bonds is 1. The molecule has 2 atom stereocenters. The molecule has 0 saturated heterocycles. The summed E-state index contributed by atoms with van der Waals surface area (Å²) in [6, 6.07) is 13.8. The Labute approximate surface area is 170 Å². The molecule has 1 fully saturated rings. The van der Waals surface area contributed by atoms with Crippen LogP contribution in [-0.2, 0) is 4.79 Å². The third-order valence-corrected chi connectivity index (χ3v) is 6.03. The van der Waals surface area contributed by atoms with Gasteiger partial charge in [-0.1, -0.05) is 48.6 Å². The van der Waals surface area contributed by atoms with Crippen molar-refractivity contribution in [3.63, 3.8) is 0 Å². The first kappa shape index (κ1) is 19.4. The van der Waals surface area contributed by atoms with Gasteiger partial charge in [-0.15, -0.1) is 0 Å². The monoisotopic (exact) mass is 386 g/mol. The van der Waals surface area contributed by atoms with Crippen molar-refractivity contribution in [3.8, 4) is 11.8 Å². The van der Waals surface area contributed by atoms with Crippen LogP contribution in [0.3, 0.4) is 0 Å². The average molecular weight is 386 g/mol. The second-order valence-corrected chi connectivity index (χ2v) is 8.05. The maximum absolute atomic E-state index is 13.4. The van der Waals surface area contributed by atoms with Gasteiger partial charge in [-0.2, -0.15) is 0 Å². The second kappa shape index (κ2) is 7.81. The minimum atomic E-state index is -0.429. The highest BCUT2D eigenvalue weighted by molar-refractivity contribution is 6.09. The zero-order valence-corrected chi connectivity index (χ0v) is 16.4. The molecule has 2 aliphatic rings. The zero-order valence-electron chi connectivity index (χ0n) is 16.4. The van der Waals surface area contributed by atoms with E-state index in [1.807, 2.05) is 30.3 Å².